The Morgan fingerprint density at radius 3 is 2.22 bits per heavy atom. The number of hydrogen-bond donors (Lipinski definition) is 3. The van der Waals surface area contributed by atoms with Gasteiger partial charge in [0.1, 0.15) is 6.10 Å². The maximum atomic E-state index is 12.8. The smallest absolute Gasteiger partial charge is 0.249 e. The molecule has 1 saturated carbocycles. The minimum Gasteiger partial charge on any atom is -0.369 e. The summed E-state index contributed by atoms with van der Waals surface area (Å²) in [6.07, 6.45) is 2.92. The van der Waals surface area contributed by atoms with Gasteiger partial charge in [-0.1, -0.05) is 73.5 Å². The second-order valence-corrected chi connectivity index (χ2v) is 8.16. The highest BCUT2D eigenvalue weighted by atomic mass is 16.5. The summed E-state index contributed by atoms with van der Waals surface area (Å²) >= 11 is 0. The van der Waals surface area contributed by atoms with E-state index in [0.717, 1.165) is 24.0 Å². The summed E-state index contributed by atoms with van der Waals surface area (Å²) < 4.78 is 5.92. The van der Waals surface area contributed by atoms with Crippen molar-refractivity contribution in [2.24, 2.45) is 11.7 Å². The van der Waals surface area contributed by atoms with Gasteiger partial charge >= 0.3 is 0 Å². The van der Waals surface area contributed by atoms with Crippen LogP contribution in [0.15, 0.2) is 60.7 Å². The first-order valence-corrected chi connectivity index (χ1v) is 11.1. The van der Waals surface area contributed by atoms with Crippen molar-refractivity contribution < 1.29 is 19.1 Å². The van der Waals surface area contributed by atoms with E-state index in [0.29, 0.717) is 25.9 Å². The monoisotopic (exact) mass is 437 g/mol. The van der Waals surface area contributed by atoms with Crippen LogP contribution in [0.3, 0.4) is 0 Å². The number of nitrogens with one attached hydrogen (secondary N) is 2. The fourth-order valence-electron chi connectivity index (χ4n) is 4.01. The van der Waals surface area contributed by atoms with E-state index in [-0.39, 0.29) is 30.3 Å². The molecular weight excluding hydrogens is 406 g/mol. The molecule has 1 unspecified atom stereocenters. The van der Waals surface area contributed by atoms with Gasteiger partial charge in [-0.3, -0.25) is 14.4 Å². The van der Waals surface area contributed by atoms with Crippen LogP contribution in [-0.2, 0) is 32.1 Å². The van der Waals surface area contributed by atoms with Gasteiger partial charge in [-0.25, -0.2) is 0 Å². The summed E-state index contributed by atoms with van der Waals surface area (Å²) in [6, 6.07) is 19.0. The number of ether oxygens (including phenoxy) is 1. The molecule has 0 radical (unpaired) electrons. The zero-order valence-electron chi connectivity index (χ0n) is 18.2. The van der Waals surface area contributed by atoms with Crippen LogP contribution in [0.2, 0.25) is 0 Å². The maximum Gasteiger partial charge on any atom is 0.249 e. The summed E-state index contributed by atoms with van der Waals surface area (Å²) in [6.45, 7) is 0.112. The first kappa shape index (κ1) is 23.5. The molecule has 1 fully saturated rings. The predicted octanol–water partition coefficient (Wildman–Crippen LogP) is 2.09. The Morgan fingerprint density at radius 2 is 1.56 bits per heavy atom. The molecule has 0 heterocycles. The molecule has 3 atom stereocenters. The molecule has 2 aromatic carbocycles. The third-order valence-corrected chi connectivity index (χ3v) is 5.75. The average Bonchev–Trinajstić information content (AvgIpc) is 2.81. The van der Waals surface area contributed by atoms with E-state index in [4.69, 9.17) is 10.5 Å². The Labute approximate surface area is 188 Å². The normalized spacial score (nSPS) is 19.0. The lowest BCUT2D eigenvalue weighted by Crippen LogP contribution is -2.50. The van der Waals surface area contributed by atoms with E-state index >= 15 is 0 Å². The van der Waals surface area contributed by atoms with Gasteiger partial charge < -0.3 is 21.1 Å². The van der Waals surface area contributed by atoms with Crippen molar-refractivity contribution in [3.63, 3.8) is 0 Å². The van der Waals surface area contributed by atoms with E-state index in [1.807, 2.05) is 60.7 Å². The van der Waals surface area contributed by atoms with Crippen LogP contribution >= 0.6 is 0 Å². The molecule has 0 aromatic heterocycles. The molecule has 1 aliphatic rings. The van der Waals surface area contributed by atoms with Crippen LogP contribution in [-0.4, -0.2) is 36.4 Å². The highest BCUT2D eigenvalue weighted by Crippen LogP contribution is 2.24. The zero-order chi connectivity index (χ0) is 22.8. The Kier molecular flexibility index (Phi) is 8.80. The molecule has 3 amide bonds. The van der Waals surface area contributed by atoms with Crippen molar-refractivity contribution in [2.45, 2.75) is 50.9 Å². The van der Waals surface area contributed by atoms with Crippen LogP contribution in [0.4, 0.5) is 0 Å². The summed E-state index contributed by atoms with van der Waals surface area (Å²) in [4.78, 5) is 36.9. The number of hydrogen-bond acceptors (Lipinski definition) is 4. The van der Waals surface area contributed by atoms with Gasteiger partial charge in [-0.2, -0.15) is 0 Å². The number of primary amides is 1. The quantitative estimate of drug-likeness (QED) is 0.529. The fraction of sp³-hybridized carbons (Fsp3) is 0.400. The average molecular weight is 438 g/mol. The third-order valence-electron chi connectivity index (χ3n) is 5.75. The van der Waals surface area contributed by atoms with Crippen LogP contribution in [0.1, 0.15) is 36.8 Å². The van der Waals surface area contributed by atoms with Gasteiger partial charge in [0.2, 0.25) is 17.7 Å². The minimum atomic E-state index is -0.738. The number of benzene rings is 2. The number of nitrogens with two attached hydrogens (primary N) is 1. The van der Waals surface area contributed by atoms with E-state index in [1.165, 1.54) is 0 Å². The van der Waals surface area contributed by atoms with Crippen molar-refractivity contribution in [1.29, 1.82) is 0 Å². The van der Waals surface area contributed by atoms with Crippen molar-refractivity contribution in [2.75, 3.05) is 6.54 Å². The molecular formula is C25H31N3O4. The number of carbonyl (C=O) groups excluding carboxylic acids is 3. The lowest BCUT2D eigenvalue weighted by molar-refractivity contribution is -0.136. The van der Waals surface area contributed by atoms with Crippen LogP contribution < -0.4 is 16.4 Å². The Morgan fingerprint density at radius 1 is 0.938 bits per heavy atom. The van der Waals surface area contributed by atoms with E-state index in [1.54, 1.807) is 0 Å². The van der Waals surface area contributed by atoms with Gasteiger partial charge in [-0.05, 0) is 24.0 Å². The lowest BCUT2D eigenvalue weighted by atomic mass is 9.84. The van der Waals surface area contributed by atoms with Crippen molar-refractivity contribution in [3.05, 3.63) is 71.8 Å². The summed E-state index contributed by atoms with van der Waals surface area (Å²) in [5, 5.41) is 5.54. The molecule has 7 nitrogen and oxygen atoms in total. The van der Waals surface area contributed by atoms with Crippen LogP contribution in [0.25, 0.3) is 0 Å². The van der Waals surface area contributed by atoms with Gasteiger partial charge in [0.15, 0.2) is 0 Å². The summed E-state index contributed by atoms with van der Waals surface area (Å²) in [5.41, 5.74) is 7.41. The lowest BCUT2D eigenvalue weighted by Gasteiger charge is -2.30. The molecule has 3 rings (SSSR count). The molecule has 32 heavy (non-hydrogen) atoms. The summed E-state index contributed by atoms with van der Waals surface area (Å²) in [5.74, 6) is -1.44. The molecule has 0 aliphatic heterocycles. The zero-order valence-corrected chi connectivity index (χ0v) is 18.2. The largest absolute Gasteiger partial charge is 0.369 e. The second kappa shape index (κ2) is 12.0. The molecule has 0 bridgehead atoms. The number of rotatable bonds is 10. The SMILES string of the molecule is NC(=O)[C@@H]1CCCC[C@H]1NC(=O)CNC(=O)C(Cc1ccccc1)OCc1ccccc1. The minimum absolute atomic E-state index is 0.180. The van der Waals surface area contributed by atoms with Crippen LogP contribution in [0.5, 0.6) is 0 Å². The van der Waals surface area contributed by atoms with Crippen molar-refractivity contribution in [1.82, 2.24) is 10.6 Å². The van der Waals surface area contributed by atoms with E-state index in [9.17, 15) is 14.4 Å². The third kappa shape index (κ3) is 7.20. The van der Waals surface area contributed by atoms with E-state index in [2.05, 4.69) is 10.6 Å². The molecule has 170 valence electrons. The molecule has 0 saturated heterocycles. The number of carbonyl (C=O) groups is 3. The highest BCUT2D eigenvalue weighted by molar-refractivity contribution is 5.87. The van der Waals surface area contributed by atoms with Crippen molar-refractivity contribution >= 4 is 17.7 Å². The standard InChI is InChI=1S/C25H31N3O4/c26-24(30)20-13-7-8-14-21(20)28-23(29)16-27-25(31)22(15-18-9-3-1-4-10-18)32-17-19-11-5-2-6-12-19/h1-6,9-12,20-22H,7-8,13-17H2,(H2,26,30)(H,27,31)(H,28,29)/t20-,21-,22?/m1/s1. The van der Waals surface area contributed by atoms with Crippen LogP contribution in [0, 0.1) is 5.92 Å². The Bertz CT molecular complexity index is 889. The molecule has 4 N–H and O–H groups in total. The second-order valence-electron chi connectivity index (χ2n) is 8.16. The Hall–Kier alpha value is -3.19. The molecule has 0 spiro atoms. The van der Waals surface area contributed by atoms with E-state index < -0.39 is 12.0 Å². The van der Waals surface area contributed by atoms with Gasteiger partial charge in [0, 0.05) is 12.5 Å². The van der Waals surface area contributed by atoms with Gasteiger partial charge in [0.05, 0.1) is 19.1 Å². The highest BCUT2D eigenvalue weighted by Gasteiger charge is 2.30. The first-order chi connectivity index (χ1) is 15.5. The van der Waals surface area contributed by atoms with Gasteiger partial charge in [-0.15, -0.1) is 0 Å². The topological polar surface area (TPSA) is 111 Å². The first-order valence-electron chi connectivity index (χ1n) is 11.1. The van der Waals surface area contributed by atoms with Gasteiger partial charge in [0.25, 0.3) is 0 Å². The fourth-order valence-corrected chi connectivity index (χ4v) is 4.01. The molecule has 7 heteroatoms. The molecule has 2 aromatic rings. The maximum absolute atomic E-state index is 12.8. The van der Waals surface area contributed by atoms with Crippen molar-refractivity contribution in [3.8, 4) is 0 Å². The molecule has 1 aliphatic carbocycles. The predicted molar refractivity (Wildman–Crippen MR) is 121 cm³/mol. The number of amides is 3. The Balaban J connectivity index is 1.56. The summed E-state index contributed by atoms with van der Waals surface area (Å²) in [7, 11) is 0.